The first kappa shape index (κ1) is 5.90. The van der Waals surface area contributed by atoms with E-state index in [2.05, 4.69) is 15.0 Å². The predicted octanol–water partition coefficient (Wildman–Crippen LogP) is -1.46. The van der Waals surface area contributed by atoms with Gasteiger partial charge in [0.25, 0.3) is 5.65 Å². The molecule has 2 rings (SSSR count). The highest BCUT2D eigenvalue weighted by atomic mass is 15.3. The molecular weight excluding hydrogens is 144 g/mol. The fourth-order valence-corrected chi connectivity index (χ4v) is 0.853. The third kappa shape index (κ3) is 0.759. The number of H-pyrrole nitrogens is 1. The first-order valence-corrected chi connectivity index (χ1v) is 3.04. The van der Waals surface area contributed by atoms with Crippen molar-refractivity contribution in [1.82, 2.24) is 15.0 Å². The molecule has 0 amide bonds. The molecule has 6 heteroatoms. The van der Waals surface area contributed by atoms with Gasteiger partial charge < -0.3 is 4.98 Å². The third-order valence-corrected chi connectivity index (χ3v) is 1.40. The molecule has 0 bridgehead atoms. The van der Waals surface area contributed by atoms with Gasteiger partial charge in [-0.25, -0.2) is 4.98 Å². The Labute approximate surface area is 61.8 Å². The minimum Gasteiger partial charge on any atom is -0.339 e. The Bertz CT molecular complexity index is 355. The van der Waals surface area contributed by atoms with Crippen molar-refractivity contribution in [2.45, 2.75) is 0 Å². The molecule has 5 N–H and O–H groups in total. The van der Waals surface area contributed by atoms with Gasteiger partial charge in [0, 0.05) is 0 Å². The summed E-state index contributed by atoms with van der Waals surface area (Å²) in [6.45, 7) is 0. The van der Waals surface area contributed by atoms with Crippen LogP contribution in [0.1, 0.15) is 0 Å². The van der Waals surface area contributed by atoms with Gasteiger partial charge in [0.1, 0.15) is 11.7 Å². The number of rotatable bonds is 0. The van der Waals surface area contributed by atoms with E-state index in [0.29, 0.717) is 5.65 Å². The van der Waals surface area contributed by atoms with Gasteiger partial charge in [0.2, 0.25) is 0 Å². The lowest BCUT2D eigenvalue weighted by atomic mass is 10.6. The number of hydrogen-bond donors (Lipinski definition) is 3. The molecule has 0 aliphatic rings. The number of imidazole rings is 1. The molecule has 11 heavy (non-hydrogen) atoms. The van der Waals surface area contributed by atoms with Gasteiger partial charge >= 0.3 is 5.95 Å². The number of fused-ring (bicyclic) bond motifs is 1. The van der Waals surface area contributed by atoms with E-state index in [0.717, 1.165) is 5.52 Å². The second kappa shape index (κ2) is 1.82. The van der Waals surface area contributed by atoms with Crippen LogP contribution in [0.3, 0.4) is 0 Å². The lowest BCUT2D eigenvalue weighted by Crippen LogP contribution is -2.47. The average molecular weight is 151 g/mol. The second-order valence-corrected chi connectivity index (χ2v) is 2.15. The molecule has 0 unspecified atom stereocenters. The largest absolute Gasteiger partial charge is 0.413 e. The van der Waals surface area contributed by atoms with Crippen LogP contribution < -0.4 is 16.3 Å². The lowest BCUT2D eigenvalue weighted by molar-refractivity contribution is -0.625. The first-order valence-electron chi connectivity index (χ1n) is 3.04. The van der Waals surface area contributed by atoms with Gasteiger partial charge in [-0.3, -0.25) is 11.6 Å². The zero-order valence-electron chi connectivity index (χ0n) is 5.65. The fraction of sp³-hybridized carbons (Fsp3) is 0. The van der Waals surface area contributed by atoms with E-state index in [1.807, 2.05) is 0 Å². The third-order valence-electron chi connectivity index (χ3n) is 1.40. The summed E-state index contributed by atoms with van der Waals surface area (Å²) in [5.74, 6) is 5.67. The van der Waals surface area contributed by atoms with Crippen molar-refractivity contribution >= 4 is 17.1 Å². The zero-order valence-corrected chi connectivity index (χ0v) is 5.65. The highest BCUT2D eigenvalue weighted by Gasteiger charge is 2.08. The summed E-state index contributed by atoms with van der Waals surface area (Å²) in [5, 5.41) is 0. The van der Waals surface area contributed by atoms with E-state index < -0.39 is 0 Å². The highest BCUT2D eigenvalue weighted by molar-refractivity contribution is 5.68. The maximum absolute atomic E-state index is 5.43. The smallest absolute Gasteiger partial charge is 0.339 e. The van der Waals surface area contributed by atoms with E-state index in [4.69, 9.17) is 11.6 Å². The Kier molecular flexibility index (Phi) is 0.974. The Morgan fingerprint density at radius 2 is 2.36 bits per heavy atom. The van der Waals surface area contributed by atoms with Crippen LogP contribution in [-0.4, -0.2) is 15.0 Å². The van der Waals surface area contributed by atoms with Crippen LogP contribution in [0.25, 0.3) is 11.2 Å². The highest BCUT2D eigenvalue weighted by Crippen LogP contribution is 2.01. The summed E-state index contributed by atoms with van der Waals surface area (Å²) in [4.78, 5) is 10.7. The summed E-state index contributed by atoms with van der Waals surface area (Å²) in [5.41, 5.74) is 6.76. The first-order chi connectivity index (χ1) is 5.27. The van der Waals surface area contributed by atoms with Gasteiger partial charge in [0.05, 0.1) is 6.33 Å². The maximum atomic E-state index is 5.43. The molecule has 2 aromatic rings. The molecule has 0 aliphatic carbocycles. The van der Waals surface area contributed by atoms with Crippen LogP contribution in [-0.2, 0) is 0 Å². The van der Waals surface area contributed by atoms with Crippen LogP contribution >= 0.6 is 0 Å². The van der Waals surface area contributed by atoms with Crippen LogP contribution in [0.2, 0.25) is 0 Å². The minimum atomic E-state index is 0.240. The number of aromatic amines is 1. The molecule has 56 valence electrons. The van der Waals surface area contributed by atoms with Crippen molar-refractivity contribution in [2.75, 3.05) is 11.6 Å². The second-order valence-electron chi connectivity index (χ2n) is 2.15. The maximum Gasteiger partial charge on any atom is 0.413 e. The number of anilines is 1. The van der Waals surface area contributed by atoms with Crippen molar-refractivity contribution < 1.29 is 4.68 Å². The monoisotopic (exact) mass is 151 g/mol. The van der Waals surface area contributed by atoms with Gasteiger partial charge in [-0.2, -0.15) is 0 Å². The van der Waals surface area contributed by atoms with Crippen molar-refractivity contribution in [3.63, 3.8) is 0 Å². The molecule has 0 atom stereocenters. The van der Waals surface area contributed by atoms with E-state index in [1.54, 1.807) is 6.20 Å². The number of nitrogens with two attached hydrogens (primary N) is 2. The van der Waals surface area contributed by atoms with Crippen molar-refractivity contribution in [2.24, 2.45) is 0 Å². The molecule has 2 heterocycles. The van der Waals surface area contributed by atoms with Crippen LogP contribution in [0.15, 0.2) is 12.5 Å². The summed E-state index contributed by atoms with van der Waals surface area (Å²) in [6, 6.07) is 0. The minimum absolute atomic E-state index is 0.240. The SMILES string of the molecule is Nc1nc2nc[nH]c2c[n+]1N. The Morgan fingerprint density at radius 1 is 1.55 bits per heavy atom. The Morgan fingerprint density at radius 3 is 3.18 bits per heavy atom. The molecule has 0 saturated heterocycles. The van der Waals surface area contributed by atoms with E-state index >= 15 is 0 Å². The number of aromatic nitrogens is 4. The summed E-state index contributed by atoms with van der Waals surface area (Å²) in [7, 11) is 0. The Balaban J connectivity index is 2.86. The van der Waals surface area contributed by atoms with Gasteiger partial charge in [-0.1, -0.05) is 0 Å². The normalized spacial score (nSPS) is 10.5. The van der Waals surface area contributed by atoms with E-state index in [-0.39, 0.29) is 5.95 Å². The molecule has 0 fully saturated rings. The topological polar surface area (TPSA) is 97.5 Å². The average Bonchev–Trinajstić information content (AvgIpc) is 2.36. The summed E-state index contributed by atoms with van der Waals surface area (Å²) in [6.07, 6.45) is 3.17. The summed E-state index contributed by atoms with van der Waals surface area (Å²) >= 11 is 0. The van der Waals surface area contributed by atoms with E-state index in [1.165, 1.54) is 11.0 Å². The molecule has 0 aliphatic heterocycles. The molecule has 0 spiro atoms. The van der Waals surface area contributed by atoms with Gasteiger partial charge in [0.15, 0.2) is 0 Å². The van der Waals surface area contributed by atoms with Crippen molar-refractivity contribution in [1.29, 1.82) is 0 Å². The van der Waals surface area contributed by atoms with E-state index in [9.17, 15) is 0 Å². The molecule has 0 saturated carbocycles. The van der Waals surface area contributed by atoms with Gasteiger partial charge in [-0.15, -0.1) is 4.68 Å². The number of nitrogens with zero attached hydrogens (tertiary/aromatic N) is 3. The molecular formula is C5H7N6+. The van der Waals surface area contributed by atoms with Crippen molar-refractivity contribution in [3.8, 4) is 0 Å². The molecule has 0 radical (unpaired) electrons. The van der Waals surface area contributed by atoms with Crippen LogP contribution in [0, 0.1) is 0 Å². The predicted molar refractivity (Wildman–Crippen MR) is 38.6 cm³/mol. The van der Waals surface area contributed by atoms with Crippen LogP contribution in [0.4, 0.5) is 5.95 Å². The standard InChI is InChI=1S/C5H6N6/c6-5-10-4-3(1-11(5)7)8-2-9-4/h1-2H,7H2,(H2,6,8,9,10)/p+1. The van der Waals surface area contributed by atoms with Crippen LogP contribution in [0.5, 0.6) is 0 Å². The van der Waals surface area contributed by atoms with Crippen molar-refractivity contribution in [3.05, 3.63) is 12.5 Å². The molecule has 2 aromatic heterocycles. The summed E-state index contributed by atoms with van der Waals surface area (Å²) < 4.78 is 1.24. The van der Waals surface area contributed by atoms with Gasteiger partial charge in [-0.05, 0) is 4.98 Å². The fourth-order valence-electron chi connectivity index (χ4n) is 0.853. The lowest BCUT2D eigenvalue weighted by Gasteiger charge is -1.90. The number of nitrogens with one attached hydrogen (secondary N) is 1. The zero-order chi connectivity index (χ0) is 7.84. The Hall–Kier alpha value is -1.85. The number of nitrogen functional groups attached to an aromatic ring is 2. The number of hydrogen-bond acceptors (Lipinski definition) is 4. The quantitative estimate of drug-likeness (QED) is 0.316. The molecule has 6 nitrogen and oxygen atoms in total. The molecule has 0 aromatic carbocycles.